The Morgan fingerprint density at radius 2 is 0.891 bits per heavy atom. The van der Waals surface area contributed by atoms with Crippen molar-refractivity contribution < 1.29 is 0 Å². The topological polar surface area (TPSA) is 13.1 Å². The van der Waals surface area contributed by atoms with Crippen LogP contribution < -0.4 is 21.3 Å². The highest BCUT2D eigenvalue weighted by atomic mass is 15.2. The largest absolute Gasteiger partial charge is 0.311 e. The summed E-state index contributed by atoms with van der Waals surface area (Å²) in [6, 6.07) is 58.0. The molecule has 4 heteroatoms. The van der Waals surface area contributed by atoms with Gasteiger partial charge in [0.05, 0.1) is 22.1 Å². The zero-order chi connectivity index (χ0) is 29.9. The summed E-state index contributed by atoms with van der Waals surface area (Å²) in [4.78, 5) is 2.47. The van der Waals surface area contributed by atoms with Crippen molar-refractivity contribution in [3.05, 3.63) is 158 Å². The van der Waals surface area contributed by atoms with Crippen molar-refractivity contribution in [3.8, 4) is 11.4 Å². The van der Waals surface area contributed by atoms with Crippen LogP contribution in [0.25, 0.3) is 55.0 Å². The van der Waals surface area contributed by atoms with Crippen LogP contribution in [0.3, 0.4) is 0 Å². The lowest BCUT2D eigenvalue weighted by Crippen LogP contribution is -2.60. The van der Waals surface area contributed by atoms with Crippen LogP contribution in [0.1, 0.15) is 0 Å². The minimum atomic E-state index is 0.137. The second kappa shape index (κ2) is 8.80. The van der Waals surface area contributed by atoms with Crippen molar-refractivity contribution in [2.45, 2.75) is 0 Å². The molecule has 2 aromatic heterocycles. The molecule has 4 heterocycles. The molecule has 9 aromatic rings. The monoisotopic (exact) mass is 583 g/mol. The van der Waals surface area contributed by atoms with Crippen LogP contribution in [0, 0.1) is 0 Å². The van der Waals surface area contributed by atoms with E-state index >= 15 is 0 Å². The Morgan fingerprint density at radius 1 is 0.348 bits per heavy atom. The average Bonchev–Trinajstić information content (AvgIpc) is 3.65. The highest BCUT2D eigenvalue weighted by Crippen LogP contribution is 2.45. The summed E-state index contributed by atoms with van der Waals surface area (Å²) in [7, 11) is 0. The fourth-order valence-electron chi connectivity index (χ4n) is 8.55. The molecule has 0 N–H and O–H groups in total. The van der Waals surface area contributed by atoms with Gasteiger partial charge in [-0.2, -0.15) is 0 Å². The number of fused-ring (bicyclic) bond motifs is 12. The molecule has 212 valence electrons. The van der Waals surface area contributed by atoms with Crippen molar-refractivity contribution in [2.75, 3.05) is 4.90 Å². The first-order chi connectivity index (χ1) is 22.9. The molecule has 0 amide bonds. The number of benzene rings is 7. The molecule has 2 aliphatic heterocycles. The van der Waals surface area contributed by atoms with E-state index in [2.05, 4.69) is 172 Å². The van der Waals surface area contributed by atoms with Gasteiger partial charge < -0.3 is 14.0 Å². The molecule has 0 saturated carbocycles. The van der Waals surface area contributed by atoms with Gasteiger partial charge in [0.2, 0.25) is 0 Å². The van der Waals surface area contributed by atoms with Gasteiger partial charge in [-0.1, -0.05) is 109 Å². The van der Waals surface area contributed by atoms with Gasteiger partial charge in [0.25, 0.3) is 6.71 Å². The van der Waals surface area contributed by atoms with Crippen LogP contribution in [-0.4, -0.2) is 15.8 Å². The van der Waals surface area contributed by atoms with Crippen molar-refractivity contribution in [3.63, 3.8) is 0 Å². The molecule has 3 nitrogen and oxygen atoms in total. The van der Waals surface area contributed by atoms with Gasteiger partial charge in [-0.15, -0.1) is 0 Å². The lowest BCUT2D eigenvalue weighted by atomic mass is 9.34. The Kier molecular flexibility index (Phi) is 4.66. The molecule has 0 spiro atoms. The van der Waals surface area contributed by atoms with E-state index in [-0.39, 0.29) is 6.71 Å². The molecule has 0 unspecified atom stereocenters. The average molecular weight is 584 g/mol. The molecule has 0 bridgehead atoms. The lowest BCUT2D eigenvalue weighted by molar-refractivity contribution is 1.15. The molecule has 0 atom stereocenters. The summed E-state index contributed by atoms with van der Waals surface area (Å²) >= 11 is 0. The number of hydrogen-bond donors (Lipinski definition) is 0. The number of para-hydroxylation sites is 5. The van der Waals surface area contributed by atoms with Gasteiger partial charge in [-0.3, -0.25) is 0 Å². The summed E-state index contributed by atoms with van der Waals surface area (Å²) < 4.78 is 5.06. The maximum atomic E-state index is 2.59. The Hall–Kier alpha value is -6.00. The SMILES string of the molecule is c1ccc(N2c3ccccc3B3c4ccccc4-n4c5c3c2ccc5c2ccc3c5ccccc5n(-c5ccccc5)c3c24)cc1. The van der Waals surface area contributed by atoms with E-state index in [4.69, 9.17) is 0 Å². The van der Waals surface area contributed by atoms with Gasteiger partial charge in [0, 0.05) is 50.0 Å². The summed E-state index contributed by atoms with van der Waals surface area (Å²) in [6.07, 6.45) is 0. The minimum absolute atomic E-state index is 0.137. The Bertz CT molecular complexity index is 2700. The predicted octanol–water partition coefficient (Wildman–Crippen LogP) is 8.49. The molecule has 7 aromatic carbocycles. The molecule has 11 rings (SSSR count). The first-order valence-corrected chi connectivity index (χ1v) is 16.0. The van der Waals surface area contributed by atoms with Crippen LogP contribution in [0.2, 0.25) is 0 Å². The molecule has 0 aliphatic carbocycles. The van der Waals surface area contributed by atoms with Gasteiger partial charge in [0.15, 0.2) is 0 Å². The summed E-state index contributed by atoms with van der Waals surface area (Å²) in [6.45, 7) is 0.137. The Labute approximate surface area is 266 Å². The van der Waals surface area contributed by atoms with Crippen LogP contribution in [-0.2, 0) is 0 Å². The smallest absolute Gasteiger partial charge is 0.252 e. The van der Waals surface area contributed by atoms with E-state index in [0.717, 1.165) is 0 Å². The van der Waals surface area contributed by atoms with Crippen molar-refractivity contribution in [1.29, 1.82) is 0 Å². The quantitative estimate of drug-likeness (QED) is 0.186. The maximum absolute atomic E-state index is 2.59. The second-order valence-corrected chi connectivity index (χ2v) is 12.5. The number of anilines is 3. The second-order valence-electron chi connectivity index (χ2n) is 12.5. The van der Waals surface area contributed by atoms with E-state index in [1.807, 2.05) is 0 Å². The molecule has 0 fully saturated rings. The van der Waals surface area contributed by atoms with Crippen molar-refractivity contribution >= 4 is 83.8 Å². The highest BCUT2D eigenvalue weighted by molar-refractivity contribution is 7.00. The summed E-state index contributed by atoms with van der Waals surface area (Å²) in [5, 5.41) is 5.13. The van der Waals surface area contributed by atoms with Gasteiger partial charge >= 0.3 is 0 Å². The van der Waals surface area contributed by atoms with Crippen LogP contribution >= 0.6 is 0 Å². The third-order valence-electron chi connectivity index (χ3n) is 10.3. The van der Waals surface area contributed by atoms with Gasteiger partial charge in [-0.05, 0) is 64.9 Å². The standard InChI is InChI=1S/C42H26BN3/c1-3-13-27(14-4-1)44-36-21-11-8-18-33(36)43-34-19-9-12-22-37(34)46-40-31(25-26-38(44)39(40)43)32-24-23-30-29-17-7-10-20-35(29)45(41(30)42(32)46)28-15-5-2-6-16-28/h1-26H. The Morgan fingerprint density at radius 3 is 1.67 bits per heavy atom. The highest BCUT2D eigenvalue weighted by Gasteiger charge is 2.42. The molecular weight excluding hydrogens is 557 g/mol. The number of rotatable bonds is 2. The van der Waals surface area contributed by atoms with E-state index in [1.165, 1.54) is 88.4 Å². The molecule has 46 heavy (non-hydrogen) atoms. The number of nitrogens with zero attached hydrogens (tertiary/aromatic N) is 3. The van der Waals surface area contributed by atoms with Crippen molar-refractivity contribution in [1.82, 2.24) is 9.13 Å². The Balaban J connectivity index is 1.38. The van der Waals surface area contributed by atoms with Gasteiger partial charge in [-0.25, -0.2) is 0 Å². The fourth-order valence-corrected chi connectivity index (χ4v) is 8.55. The zero-order valence-electron chi connectivity index (χ0n) is 24.9. The predicted molar refractivity (Wildman–Crippen MR) is 194 cm³/mol. The molecule has 0 radical (unpaired) electrons. The van der Waals surface area contributed by atoms with Gasteiger partial charge in [0.1, 0.15) is 0 Å². The van der Waals surface area contributed by atoms with Crippen LogP contribution in [0.4, 0.5) is 17.1 Å². The van der Waals surface area contributed by atoms with E-state index < -0.39 is 0 Å². The minimum Gasteiger partial charge on any atom is -0.311 e. The van der Waals surface area contributed by atoms with Crippen LogP contribution in [0.5, 0.6) is 0 Å². The number of hydrogen-bond acceptors (Lipinski definition) is 1. The van der Waals surface area contributed by atoms with Crippen molar-refractivity contribution in [2.24, 2.45) is 0 Å². The fraction of sp³-hybridized carbons (Fsp3) is 0. The van der Waals surface area contributed by atoms with E-state index in [1.54, 1.807) is 0 Å². The first kappa shape index (κ1) is 24.3. The van der Waals surface area contributed by atoms with E-state index in [9.17, 15) is 0 Å². The molecular formula is C42H26BN3. The third-order valence-corrected chi connectivity index (χ3v) is 10.3. The maximum Gasteiger partial charge on any atom is 0.252 e. The van der Waals surface area contributed by atoms with Crippen LogP contribution in [0.15, 0.2) is 158 Å². The van der Waals surface area contributed by atoms with E-state index in [0.29, 0.717) is 0 Å². The lowest BCUT2D eigenvalue weighted by Gasteiger charge is -2.39. The molecule has 0 saturated heterocycles. The summed E-state index contributed by atoms with van der Waals surface area (Å²) in [5.74, 6) is 0. The zero-order valence-corrected chi connectivity index (χ0v) is 24.9. The normalized spacial score (nSPS) is 13.1. The summed E-state index contributed by atoms with van der Waals surface area (Å²) in [5.41, 5.74) is 15.2. The first-order valence-electron chi connectivity index (χ1n) is 16.0. The number of aromatic nitrogens is 2. The third kappa shape index (κ3) is 2.94. The molecule has 2 aliphatic rings.